The fourth-order valence-electron chi connectivity index (χ4n) is 1.27. The summed E-state index contributed by atoms with van der Waals surface area (Å²) in [6, 6.07) is 4.75. The zero-order valence-electron chi connectivity index (χ0n) is 9.35. The van der Waals surface area contributed by atoms with Crippen molar-refractivity contribution in [1.29, 1.82) is 0 Å². The van der Waals surface area contributed by atoms with Gasteiger partial charge < -0.3 is 0 Å². The summed E-state index contributed by atoms with van der Waals surface area (Å²) < 4.78 is 59.4. The third-order valence-corrected chi connectivity index (χ3v) is 3.54. The fourth-order valence-corrected chi connectivity index (χ4v) is 2.21. The molecule has 0 atom stereocenters. The van der Waals surface area contributed by atoms with Gasteiger partial charge in [0, 0.05) is 24.2 Å². The van der Waals surface area contributed by atoms with Crippen molar-refractivity contribution in [2.75, 3.05) is 11.5 Å². The number of aryl methyl sites for hydroxylation is 2. The molecular weight excluding hydrogens is 282 g/mol. The summed E-state index contributed by atoms with van der Waals surface area (Å²) in [6.07, 6.45) is 0.0805. The molecule has 0 aliphatic carbocycles. The quantitative estimate of drug-likeness (QED) is 0.705. The van der Waals surface area contributed by atoms with E-state index in [0.717, 1.165) is 0 Å². The van der Waals surface area contributed by atoms with Gasteiger partial charge in [-0.3, -0.25) is 14.1 Å². The molecule has 0 amide bonds. The molecule has 2 N–H and O–H groups in total. The number of pyridine rings is 1. The van der Waals surface area contributed by atoms with E-state index in [1.807, 2.05) is 0 Å². The summed E-state index contributed by atoms with van der Waals surface area (Å²) in [6.45, 7) is 0. The maximum atomic E-state index is 10.6. The Hall–Kier alpha value is -1.03. The molecule has 0 aliphatic heterocycles. The van der Waals surface area contributed by atoms with Crippen molar-refractivity contribution >= 4 is 20.2 Å². The summed E-state index contributed by atoms with van der Waals surface area (Å²) in [5, 5.41) is 0. The van der Waals surface area contributed by atoms with Crippen LogP contribution in [0.3, 0.4) is 0 Å². The second-order valence-corrected chi connectivity index (χ2v) is 6.84. The highest BCUT2D eigenvalue weighted by molar-refractivity contribution is 7.86. The van der Waals surface area contributed by atoms with Crippen LogP contribution in [-0.4, -0.2) is 42.4 Å². The third-order valence-electron chi connectivity index (χ3n) is 2.10. The molecule has 1 aromatic heterocycles. The predicted molar refractivity (Wildman–Crippen MR) is 64.5 cm³/mol. The summed E-state index contributed by atoms with van der Waals surface area (Å²) in [5.74, 6) is -0.885. The van der Waals surface area contributed by atoms with Gasteiger partial charge in [-0.1, -0.05) is 6.07 Å². The molecule has 102 valence electrons. The monoisotopic (exact) mass is 295 g/mol. The molecule has 0 unspecified atom stereocenters. The average molecular weight is 295 g/mol. The van der Waals surface area contributed by atoms with Gasteiger partial charge in [0.1, 0.15) is 0 Å². The Morgan fingerprint density at radius 3 is 1.61 bits per heavy atom. The van der Waals surface area contributed by atoms with Crippen LogP contribution in [0.5, 0.6) is 0 Å². The van der Waals surface area contributed by atoms with Crippen LogP contribution >= 0.6 is 0 Å². The second kappa shape index (κ2) is 5.74. The Bertz CT molecular complexity index is 556. The first-order chi connectivity index (χ1) is 8.16. The first-order valence-electron chi connectivity index (χ1n) is 5.01. The van der Waals surface area contributed by atoms with Gasteiger partial charge in [0.2, 0.25) is 0 Å². The lowest BCUT2D eigenvalue weighted by Gasteiger charge is -2.03. The van der Waals surface area contributed by atoms with E-state index in [2.05, 4.69) is 4.98 Å². The van der Waals surface area contributed by atoms with Gasteiger partial charge in [-0.15, -0.1) is 0 Å². The summed E-state index contributed by atoms with van der Waals surface area (Å²) >= 11 is 0. The van der Waals surface area contributed by atoms with E-state index < -0.39 is 31.7 Å². The van der Waals surface area contributed by atoms with Crippen LogP contribution in [0.15, 0.2) is 18.2 Å². The van der Waals surface area contributed by atoms with Crippen molar-refractivity contribution in [3.8, 4) is 0 Å². The molecule has 1 rings (SSSR count). The molecular formula is C9H13NO6S2. The zero-order chi connectivity index (χ0) is 13.8. The first-order valence-corrected chi connectivity index (χ1v) is 8.23. The molecule has 0 radical (unpaired) electrons. The number of nitrogens with zero attached hydrogens (tertiary/aromatic N) is 1. The van der Waals surface area contributed by atoms with Gasteiger partial charge in [0.05, 0.1) is 11.5 Å². The second-order valence-electron chi connectivity index (χ2n) is 3.69. The van der Waals surface area contributed by atoms with E-state index in [0.29, 0.717) is 11.4 Å². The average Bonchev–Trinajstić information content (AvgIpc) is 2.22. The van der Waals surface area contributed by atoms with Crippen molar-refractivity contribution in [3.05, 3.63) is 29.6 Å². The highest BCUT2D eigenvalue weighted by atomic mass is 32.2. The smallest absolute Gasteiger partial charge is 0.265 e. The molecule has 18 heavy (non-hydrogen) atoms. The lowest BCUT2D eigenvalue weighted by molar-refractivity contribution is 0.480. The van der Waals surface area contributed by atoms with Crippen LogP contribution in [-0.2, 0) is 33.1 Å². The SMILES string of the molecule is O=S(=O)(O)CCc1cccc(CCS(=O)(=O)O)n1. The van der Waals surface area contributed by atoms with Gasteiger partial charge in [0.15, 0.2) is 0 Å². The molecule has 0 saturated carbocycles. The minimum atomic E-state index is -4.05. The molecule has 0 aromatic carbocycles. The van der Waals surface area contributed by atoms with E-state index in [1.54, 1.807) is 18.2 Å². The molecule has 1 aromatic rings. The van der Waals surface area contributed by atoms with Gasteiger partial charge in [-0.2, -0.15) is 16.8 Å². The van der Waals surface area contributed by atoms with Crippen LogP contribution < -0.4 is 0 Å². The number of aromatic nitrogens is 1. The Morgan fingerprint density at radius 1 is 0.889 bits per heavy atom. The topological polar surface area (TPSA) is 122 Å². The van der Waals surface area contributed by atoms with Gasteiger partial charge in [-0.25, -0.2) is 0 Å². The van der Waals surface area contributed by atoms with Crippen LogP contribution in [0, 0.1) is 0 Å². The number of hydrogen-bond acceptors (Lipinski definition) is 5. The number of rotatable bonds is 6. The standard InChI is InChI=1S/C9H13NO6S2/c11-17(12,13)6-4-8-2-1-3-9(10-8)5-7-18(14,15)16/h1-3H,4-7H2,(H,11,12,13)(H,14,15,16). The predicted octanol–water partition coefficient (Wildman–Crippen LogP) is -0.0578. The summed E-state index contributed by atoms with van der Waals surface area (Å²) in [5.41, 5.74) is 0.862. The minimum absolute atomic E-state index is 0.0402. The van der Waals surface area contributed by atoms with Crippen molar-refractivity contribution in [2.24, 2.45) is 0 Å². The highest BCUT2D eigenvalue weighted by Gasteiger charge is 2.08. The maximum Gasteiger partial charge on any atom is 0.265 e. The van der Waals surface area contributed by atoms with E-state index in [9.17, 15) is 16.8 Å². The van der Waals surface area contributed by atoms with Crippen LogP contribution in [0.1, 0.15) is 11.4 Å². The van der Waals surface area contributed by atoms with E-state index in [-0.39, 0.29) is 12.8 Å². The Morgan fingerprint density at radius 2 is 1.28 bits per heavy atom. The molecule has 1 heterocycles. The Kier molecular flexibility index (Phi) is 4.79. The number of hydrogen-bond donors (Lipinski definition) is 2. The molecule has 7 nitrogen and oxygen atoms in total. The van der Waals surface area contributed by atoms with Crippen LogP contribution in [0.25, 0.3) is 0 Å². The van der Waals surface area contributed by atoms with Crippen molar-refractivity contribution in [2.45, 2.75) is 12.8 Å². The highest BCUT2D eigenvalue weighted by Crippen LogP contribution is 2.03. The Labute approximate surface area is 105 Å². The van der Waals surface area contributed by atoms with Crippen molar-refractivity contribution in [3.63, 3.8) is 0 Å². The molecule has 0 aliphatic rings. The Balaban J connectivity index is 2.68. The largest absolute Gasteiger partial charge is 0.286 e. The van der Waals surface area contributed by atoms with Crippen LogP contribution in [0.4, 0.5) is 0 Å². The first kappa shape index (κ1) is 15.0. The van der Waals surface area contributed by atoms with Gasteiger partial charge in [0.25, 0.3) is 20.2 Å². The van der Waals surface area contributed by atoms with Gasteiger partial charge >= 0.3 is 0 Å². The van der Waals surface area contributed by atoms with Crippen LogP contribution in [0.2, 0.25) is 0 Å². The van der Waals surface area contributed by atoms with E-state index in [1.165, 1.54) is 0 Å². The summed E-state index contributed by atoms with van der Waals surface area (Å²) in [4.78, 5) is 4.03. The minimum Gasteiger partial charge on any atom is -0.286 e. The molecule has 0 bridgehead atoms. The van der Waals surface area contributed by atoms with Crippen molar-refractivity contribution in [1.82, 2.24) is 4.98 Å². The lowest BCUT2D eigenvalue weighted by Crippen LogP contribution is -2.10. The third kappa shape index (κ3) is 6.64. The van der Waals surface area contributed by atoms with E-state index >= 15 is 0 Å². The maximum absolute atomic E-state index is 10.6. The molecule has 0 spiro atoms. The molecule has 0 fully saturated rings. The lowest BCUT2D eigenvalue weighted by atomic mass is 10.2. The van der Waals surface area contributed by atoms with Crippen molar-refractivity contribution < 1.29 is 25.9 Å². The molecule has 0 saturated heterocycles. The fraction of sp³-hybridized carbons (Fsp3) is 0.444. The normalized spacial score (nSPS) is 12.6. The van der Waals surface area contributed by atoms with E-state index in [4.69, 9.17) is 9.11 Å². The summed E-state index contributed by atoms with van der Waals surface area (Å²) in [7, 11) is -8.09. The van der Waals surface area contributed by atoms with Gasteiger partial charge in [-0.05, 0) is 12.1 Å². The molecule has 9 heteroatoms. The zero-order valence-corrected chi connectivity index (χ0v) is 11.0.